The van der Waals surface area contributed by atoms with Crippen molar-refractivity contribution in [2.45, 2.75) is 44.8 Å². The average molecular weight is 512 g/mol. The summed E-state index contributed by atoms with van der Waals surface area (Å²) in [6, 6.07) is 14.7. The molecule has 38 heavy (non-hydrogen) atoms. The molecule has 2 saturated heterocycles. The molecular formula is C31H33N3O4. The molecule has 8 rings (SSSR count). The van der Waals surface area contributed by atoms with Crippen LogP contribution in [-0.4, -0.2) is 42.0 Å². The molecular weight excluding hydrogens is 478 g/mol. The number of aryl methyl sites for hydroxylation is 2. The van der Waals surface area contributed by atoms with E-state index in [2.05, 4.69) is 53.4 Å². The number of hydrogen-bond acceptors (Lipinski definition) is 6. The molecule has 4 heterocycles. The van der Waals surface area contributed by atoms with Crippen LogP contribution in [0.1, 0.15) is 52.4 Å². The fourth-order valence-electron chi connectivity index (χ4n) is 6.53. The lowest BCUT2D eigenvalue weighted by molar-refractivity contribution is -0.111. The zero-order chi connectivity index (χ0) is 26.0. The van der Waals surface area contributed by atoms with Crippen LogP contribution in [0.25, 0.3) is 22.2 Å². The van der Waals surface area contributed by atoms with Crippen LogP contribution in [-0.2, 0) is 23.1 Å². The first-order valence-corrected chi connectivity index (χ1v) is 13.6. The van der Waals surface area contributed by atoms with E-state index in [1.165, 1.54) is 37.6 Å². The molecule has 4 aliphatic rings. The van der Waals surface area contributed by atoms with Crippen LogP contribution in [0.5, 0.6) is 0 Å². The van der Waals surface area contributed by atoms with Crippen molar-refractivity contribution in [2.75, 3.05) is 25.1 Å². The Hall–Kier alpha value is -3.58. The molecule has 2 aliphatic carbocycles. The van der Waals surface area contributed by atoms with Crippen LogP contribution in [0, 0.1) is 18.8 Å². The minimum absolute atomic E-state index is 0.266. The number of carbonyl (C=O) groups is 1. The van der Waals surface area contributed by atoms with Crippen LogP contribution in [0.4, 0.5) is 5.69 Å². The van der Waals surface area contributed by atoms with Crippen LogP contribution in [0.2, 0.25) is 0 Å². The Balaban J connectivity index is 1.07. The van der Waals surface area contributed by atoms with Crippen molar-refractivity contribution in [1.82, 2.24) is 9.72 Å². The third kappa shape index (κ3) is 3.83. The van der Waals surface area contributed by atoms with Gasteiger partial charge in [0.25, 0.3) is 0 Å². The van der Waals surface area contributed by atoms with Crippen molar-refractivity contribution in [3.05, 3.63) is 71.1 Å². The van der Waals surface area contributed by atoms with Gasteiger partial charge in [-0.2, -0.15) is 0 Å². The van der Waals surface area contributed by atoms with Gasteiger partial charge in [0.05, 0.1) is 30.9 Å². The lowest BCUT2D eigenvalue weighted by Gasteiger charge is -2.53. The highest BCUT2D eigenvalue weighted by Crippen LogP contribution is 2.47. The number of rotatable bonds is 7. The highest BCUT2D eigenvalue weighted by Gasteiger charge is 2.48. The molecule has 2 aromatic carbocycles. The summed E-state index contributed by atoms with van der Waals surface area (Å²) in [5.74, 6) is 2.23. The van der Waals surface area contributed by atoms with Crippen molar-refractivity contribution in [2.24, 2.45) is 18.9 Å². The van der Waals surface area contributed by atoms with Gasteiger partial charge in [-0.15, -0.1) is 0 Å². The Morgan fingerprint density at radius 3 is 2.66 bits per heavy atom. The van der Waals surface area contributed by atoms with E-state index in [-0.39, 0.29) is 12.1 Å². The molecule has 0 spiro atoms. The standard InChI is InChI=1S/C31H33N3O4/c1-18-6-4-5-7-23(18)28-26(30(38-32-28)19-8-9-19)17-37-29-20-12-21(29)15-34(14-20)22-10-11-24-25(31(35)36-3)16-33(2)27(24)13-22/h4-7,10-11,13,16,19-21,29H,8-9,12,14-15,17H2,1-3H3. The number of hydrogen-bond donors (Lipinski definition) is 0. The molecule has 2 bridgehead atoms. The van der Waals surface area contributed by atoms with Crippen LogP contribution >= 0.6 is 0 Å². The number of aromatic nitrogens is 2. The molecule has 4 aromatic rings. The molecule has 7 nitrogen and oxygen atoms in total. The first-order valence-electron chi connectivity index (χ1n) is 13.6. The predicted molar refractivity (Wildman–Crippen MR) is 145 cm³/mol. The monoisotopic (exact) mass is 511 g/mol. The molecule has 2 aromatic heterocycles. The van der Waals surface area contributed by atoms with Gasteiger partial charge in [-0.3, -0.25) is 0 Å². The summed E-state index contributed by atoms with van der Waals surface area (Å²) in [5.41, 5.74) is 7.26. The van der Waals surface area contributed by atoms with Gasteiger partial charge in [-0.1, -0.05) is 29.4 Å². The largest absolute Gasteiger partial charge is 0.465 e. The van der Waals surface area contributed by atoms with Crippen molar-refractivity contribution in [3.8, 4) is 11.3 Å². The fraction of sp³-hybridized carbons (Fsp3) is 0.419. The molecule has 4 fully saturated rings. The maximum Gasteiger partial charge on any atom is 0.340 e. The topological polar surface area (TPSA) is 69.7 Å². The molecule has 0 radical (unpaired) electrons. The van der Waals surface area contributed by atoms with E-state index >= 15 is 0 Å². The number of nitrogens with zero attached hydrogens (tertiary/aromatic N) is 3. The number of benzene rings is 2. The van der Waals surface area contributed by atoms with Gasteiger partial charge in [-0.05, 0) is 49.9 Å². The summed E-state index contributed by atoms with van der Waals surface area (Å²) >= 11 is 0. The molecule has 196 valence electrons. The summed E-state index contributed by atoms with van der Waals surface area (Å²) in [6.07, 6.45) is 5.67. The van der Waals surface area contributed by atoms with E-state index in [0.29, 0.717) is 29.9 Å². The Bertz CT molecular complexity index is 1520. The summed E-state index contributed by atoms with van der Waals surface area (Å²) in [4.78, 5) is 14.6. The van der Waals surface area contributed by atoms with E-state index in [9.17, 15) is 4.79 Å². The SMILES string of the molecule is COC(=O)c1cn(C)c2cc(N3CC4CC(C3)C4OCc3c(-c4ccccc4C)noc3C3CC3)ccc12. The van der Waals surface area contributed by atoms with Gasteiger partial charge in [0, 0.05) is 66.3 Å². The molecule has 2 unspecified atom stereocenters. The summed E-state index contributed by atoms with van der Waals surface area (Å²) in [6.45, 7) is 4.64. The van der Waals surface area contributed by atoms with E-state index in [1.807, 2.05) is 23.9 Å². The first-order chi connectivity index (χ1) is 18.5. The zero-order valence-electron chi connectivity index (χ0n) is 22.1. The number of piperidine rings is 2. The minimum Gasteiger partial charge on any atom is -0.465 e. The summed E-state index contributed by atoms with van der Waals surface area (Å²) < 4.78 is 19.5. The van der Waals surface area contributed by atoms with Gasteiger partial charge in [0.15, 0.2) is 0 Å². The maximum absolute atomic E-state index is 12.2. The van der Waals surface area contributed by atoms with E-state index in [1.54, 1.807) is 0 Å². The van der Waals surface area contributed by atoms with Crippen molar-refractivity contribution in [1.29, 1.82) is 0 Å². The zero-order valence-corrected chi connectivity index (χ0v) is 22.1. The second-order valence-electron chi connectivity index (χ2n) is 11.2. The summed E-state index contributed by atoms with van der Waals surface area (Å²) in [5, 5.41) is 5.44. The lowest BCUT2D eigenvalue weighted by Crippen LogP contribution is -2.59. The molecule has 2 aliphatic heterocycles. The number of carbonyl (C=O) groups excluding carboxylic acids is 1. The van der Waals surface area contributed by atoms with Crippen molar-refractivity contribution in [3.63, 3.8) is 0 Å². The maximum atomic E-state index is 12.2. The molecule has 7 heteroatoms. The molecule has 2 saturated carbocycles. The molecule has 0 amide bonds. The second-order valence-corrected chi connectivity index (χ2v) is 11.2. The van der Waals surface area contributed by atoms with Crippen LogP contribution < -0.4 is 4.90 Å². The molecule has 2 atom stereocenters. The normalized spacial score (nSPS) is 22.5. The number of esters is 1. The number of ether oxygens (including phenoxy) is 2. The van der Waals surface area contributed by atoms with E-state index < -0.39 is 0 Å². The van der Waals surface area contributed by atoms with Gasteiger partial charge in [0.1, 0.15) is 11.5 Å². The third-order valence-corrected chi connectivity index (χ3v) is 8.78. The third-order valence-electron chi connectivity index (χ3n) is 8.78. The minimum atomic E-state index is -0.300. The Labute approximate surface area is 222 Å². The smallest absolute Gasteiger partial charge is 0.340 e. The van der Waals surface area contributed by atoms with Gasteiger partial charge >= 0.3 is 5.97 Å². The quantitative estimate of drug-likeness (QED) is 0.290. The van der Waals surface area contributed by atoms with Crippen molar-refractivity contribution >= 4 is 22.6 Å². The van der Waals surface area contributed by atoms with Gasteiger partial charge in [-0.25, -0.2) is 4.79 Å². The number of fused-ring (bicyclic) bond motifs is 3. The van der Waals surface area contributed by atoms with Crippen LogP contribution in [0.3, 0.4) is 0 Å². The van der Waals surface area contributed by atoms with Crippen molar-refractivity contribution < 1.29 is 18.8 Å². The highest BCUT2D eigenvalue weighted by atomic mass is 16.5. The fourth-order valence-corrected chi connectivity index (χ4v) is 6.53. The second kappa shape index (κ2) is 9.02. The van der Waals surface area contributed by atoms with E-state index in [0.717, 1.165) is 46.6 Å². The Morgan fingerprint density at radius 2 is 1.92 bits per heavy atom. The first kappa shape index (κ1) is 23.5. The predicted octanol–water partition coefficient (Wildman–Crippen LogP) is 5.85. The lowest BCUT2D eigenvalue weighted by atomic mass is 9.68. The molecule has 0 N–H and O–H groups in total. The Kier molecular flexibility index (Phi) is 5.58. The Morgan fingerprint density at radius 1 is 1.13 bits per heavy atom. The average Bonchev–Trinajstić information content (AvgIpc) is 3.62. The van der Waals surface area contributed by atoms with Gasteiger partial charge < -0.3 is 23.5 Å². The highest BCUT2D eigenvalue weighted by molar-refractivity contribution is 6.05. The van der Waals surface area contributed by atoms with Gasteiger partial charge in [0.2, 0.25) is 0 Å². The summed E-state index contributed by atoms with van der Waals surface area (Å²) in [7, 11) is 3.40. The van der Waals surface area contributed by atoms with E-state index in [4.69, 9.17) is 14.0 Å². The number of anilines is 1. The number of methoxy groups -OCH3 is 1. The van der Waals surface area contributed by atoms with Crippen LogP contribution in [0.15, 0.2) is 53.2 Å².